The van der Waals surface area contributed by atoms with Crippen molar-refractivity contribution in [2.75, 3.05) is 0 Å². The van der Waals surface area contributed by atoms with Gasteiger partial charge in [0.05, 0.1) is 6.10 Å². The third kappa shape index (κ3) is 15.4. The highest BCUT2D eigenvalue weighted by atomic mass is 16.6. The Balaban J connectivity index is 0. The Morgan fingerprint density at radius 2 is 1.28 bits per heavy atom. The largest absolute Gasteiger partial charge is 0.473 e. The van der Waals surface area contributed by atoms with Crippen LogP contribution in [0.1, 0.15) is 38.3 Å². The minimum atomic E-state index is -1.82. The lowest BCUT2D eigenvalue weighted by Crippen LogP contribution is -2.46. The smallest absolute Gasteiger partial charge is 0.414 e. The number of aliphatic carboxylic acids is 2. The number of carboxylic acid groups (broad SMARTS) is 2. The number of hydrogen-bond donors (Lipinski definition) is 5. The van der Waals surface area contributed by atoms with Crippen LogP contribution in [0, 0.1) is 0 Å². The lowest BCUT2D eigenvalue weighted by atomic mass is 9.94. The van der Waals surface area contributed by atoms with Gasteiger partial charge in [-0.25, -0.2) is 14.4 Å². The van der Waals surface area contributed by atoms with E-state index in [4.69, 9.17) is 30.3 Å². The van der Waals surface area contributed by atoms with E-state index in [0.29, 0.717) is 19.3 Å². The van der Waals surface area contributed by atoms with Crippen LogP contribution in [-0.4, -0.2) is 68.1 Å². The SMILES string of the molecule is CC(C)(C)OC(=O)N[C@@H](Cc1ccccc1)C[C@H](O)[C@@H](N)Cc1ccccc1.O.O.O=C(O)C(=O)O. The average Bonchev–Trinajstić information content (AvgIpc) is 2.74. The van der Waals surface area contributed by atoms with E-state index in [0.717, 1.165) is 11.1 Å². The van der Waals surface area contributed by atoms with Crippen molar-refractivity contribution in [3.63, 3.8) is 0 Å². The molecule has 2 aromatic rings. The monoisotopic (exact) mass is 510 g/mol. The van der Waals surface area contributed by atoms with Crippen LogP contribution in [0.3, 0.4) is 0 Å². The summed E-state index contributed by atoms with van der Waals surface area (Å²) < 4.78 is 5.38. The maximum Gasteiger partial charge on any atom is 0.414 e. The Morgan fingerprint density at radius 3 is 1.67 bits per heavy atom. The third-order valence-electron chi connectivity index (χ3n) is 4.56. The molecule has 0 saturated carbocycles. The van der Waals surface area contributed by atoms with E-state index in [1.165, 1.54) is 0 Å². The average molecular weight is 511 g/mol. The Morgan fingerprint density at radius 1 is 0.861 bits per heavy atom. The number of amides is 1. The molecule has 10 N–H and O–H groups in total. The van der Waals surface area contributed by atoms with Crippen LogP contribution < -0.4 is 11.1 Å². The predicted octanol–water partition coefficient (Wildman–Crippen LogP) is 0.950. The van der Waals surface area contributed by atoms with E-state index >= 15 is 0 Å². The van der Waals surface area contributed by atoms with Crippen LogP contribution in [0.4, 0.5) is 4.79 Å². The summed E-state index contributed by atoms with van der Waals surface area (Å²) in [6.45, 7) is 5.47. The minimum absolute atomic E-state index is 0. The predicted molar refractivity (Wildman–Crippen MR) is 135 cm³/mol. The Labute approximate surface area is 210 Å². The topological polar surface area (TPSA) is 222 Å². The molecule has 2 aromatic carbocycles. The highest BCUT2D eigenvalue weighted by Gasteiger charge is 2.24. The van der Waals surface area contributed by atoms with Crippen molar-refractivity contribution >= 4 is 18.0 Å². The first kappa shape index (κ1) is 34.7. The molecule has 3 atom stereocenters. The Bertz CT molecular complexity index is 891. The number of nitrogens with one attached hydrogen (secondary N) is 1. The summed E-state index contributed by atoms with van der Waals surface area (Å²) in [5, 5.41) is 28.3. The molecule has 36 heavy (non-hydrogen) atoms. The van der Waals surface area contributed by atoms with Crippen LogP contribution in [0.5, 0.6) is 0 Å². The highest BCUT2D eigenvalue weighted by molar-refractivity contribution is 6.27. The van der Waals surface area contributed by atoms with Gasteiger partial charge >= 0.3 is 18.0 Å². The molecule has 0 aromatic heterocycles. The second-order valence-electron chi connectivity index (χ2n) is 8.80. The number of aliphatic hydroxyl groups is 1. The summed E-state index contributed by atoms with van der Waals surface area (Å²) in [6.07, 6.45) is 0.283. The maximum atomic E-state index is 12.3. The molecule has 11 heteroatoms. The third-order valence-corrected chi connectivity index (χ3v) is 4.56. The van der Waals surface area contributed by atoms with Gasteiger partial charge in [0.1, 0.15) is 5.60 Å². The van der Waals surface area contributed by atoms with E-state index in [2.05, 4.69) is 5.32 Å². The lowest BCUT2D eigenvalue weighted by Gasteiger charge is -2.27. The fraction of sp³-hybridized carbons (Fsp3) is 0.400. The number of carbonyl (C=O) groups excluding carboxylic acids is 1. The van der Waals surface area contributed by atoms with Gasteiger partial charge in [-0.1, -0.05) is 60.7 Å². The number of hydrogen-bond acceptors (Lipinski definition) is 6. The van der Waals surface area contributed by atoms with E-state index in [9.17, 15) is 9.90 Å². The molecule has 2 rings (SSSR count). The number of aliphatic hydroxyl groups excluding tert-OH is 1. The van der Waals surface area contributed by atoms with Gasteiger partial charge in [0.2, 0.25) is 0 Å². The van der Waals surface area contributed by atoms with Crippen molar-refractivity contribution in [3.05, 3.63) is 71.8 Å². The summed E-state index contributed by atoms with van der Waals surface area (Å²) >= 11 is 0. The number of benzene rings is 2. The highest BCUT2D eigenvalue weighted by Crippen LogP contribution is 2.14. The van der Waals surface area contributed by atoms with E-state index < -0.39 is 35.8 Å². The van der Waals surface area contributed by atoms with Crippen molar-refractivity contribution < 1.29 is 45.4 Å². The normalized spacial score (nSPS) is 12.7. The summed E-state index contributed by atoms with van der Waals surface area (Å²) in [5.41, 5.74) is 7.80. The van der Waals surface area contributed by atoms with Crippen molar-refractivity contribution in [2.24, 2.45) is 5.73 Å². The Hall–Kier alpha value is -3.51. The van der Waals surface area contributed by atoms with Gasteiger partial charge in [-0.2, -0.15) is 0 Å². The van der Waals surface area contributed by atoms with Gasteiger partial charge in [0, 0.05) is 12.1 Å². The molecule has 0 unspecified atom stereocenters. The first-order valence-electron chi connectivity index (χ1n) is 10.8. The number of carboxylic acids is 2. The molecule has 202 valence electrons. The van der Waals surface area contributed by atoms with E-state index in [1.807, 2.05) is 81.4 Å². The van der Waals surface area contributed by atoms with Crippen molar-refractivity contribution in [1.82, 2.24) is 5.32 Å². The zero-order valence-electron chi connectivity index (χ0n) is 20.7. The van der Waals surface area contributed by atoms with Crippen molar-refractivity contribution in [3.8, 4) is 0 Å². The van der Waals surface area contributed by atoms with Crippen molar-refractivity contribution in [1.29, 1.82) is 0 Å². The first-order valence-corrected chi connectivity index (χ1v) is 10.8. The number of carbonyl (C=O) groups is 3. The molecule has 0 bridgehead atoms. The maximum absolute atomic E-state index is 12.3. The molecular formula is C25H38N2O9. The number of nitrogens with two attached hydrogens (primary N) is 1. The fourth-order valence-corrected chi connectivity index (χ4v) is 3.05. The van der Waals surface area contributed by atoms with Gasteiger partial charge in [0.15, 0.2) is 0 Å². The van der Waals surface area contributed by atoms with E-state index in [1.54, 1.807) is 0 Å². The minimum Gasteiger partial charge on any atom is -0.473 e. The quantitative estimate of drug-likeness (QED) is 0.321. The van der Waals surface area contributed by atoms with Crippen molar-refractivity contribution in [2.45, 2.75) is 63.8 Å². The number of alkyl carbamates (subject to hydrolysis) is 1. The molecule has 0 aliphatic heterocycles. The summed E-state index contributed by atoms with van der Waals surface area (Å²) in [6, 6.07) is 19.0. The summed E-state index contributed by atoms with van der Waals surface area (Å²) in [4.78, 5) is 30.5. The van der Waals surface area contributed by atoms with Gasteiger partial charge in [-0.05, 0) is 51.2 Å². The van der Waals surface area contributed by atoms with Crippen LogP contribution in [0.15, 0.2) is 60.7 Å². The second-order valence-corrected chi connectivity index (χ2v) is 8.80. The van der Waals surface area contributed by atoms with Gasteiger partial charge in [0.25, 0.3) is 0 Å². The molecule has 0 aliphatic carbocycles. The molecule has 0 radical (unpaired) electrons. The zero-order valence-corrected chi connectivity index (χ0v) is 20.7. The summed E-state index contributed by atoms with van der Waals surface area (Å²) in [5.74, 6) is -3.65. The van der Waals surface area contributed by atoms with Crippen LogP contribution in [0.25, 0.3) is 0 Å². The van der Waals surface area contributed by atoms with Crippen LogP contribution in [-0.2, 0) is 27.2 Å². The molecular weight excluding hydrogens is 472 g/mol. The number of rotatable bonds is 8. The molecule has 1 amide bonds. The lowest BCUT2D eigenvalue weighted by molar-refractivity contribution is -0.159. The second kappa shape index (κ2) is 17.0. The van der Waals surface area contributed by atoms with Gasteiger partial charge < -0.3 is 42.1 Å². The van der Waals surface area contributed by atoms with Gasteiger partial charge in [-0.15, -0.1) is 0 Å². The van der Waals surface area contributed by atoms with Gasteiger partial charge in [-0.3, -0.25) is 0 Å². The molecule has 0 saturated heterocycles. The standard InChI is InChI=1S/C23H32N2O3.C2H2O4.2H2O/c1-23(2,3)28-22(27)25-19(14-17-10-6-4-7-11-17)16-21(26)20(24)15-18-12-8-5-9-13-18;3-1(4)2(5)6;;/h4-13,19-21,26H,14-16,24H2,1-3H3,(H,25,27);(H,3,4)(H,5,6);2*1H2/t19-,20-,21-;;;/m0.../s1. The molecule has 0 fully saturated rings. The fourth-order valence-electron chi connectivity index (χ4n) is 3.05. The number of ether oxygens (including phenoxy) is 1. The zero-order chi connectivity index (χ0) is 25.7. The van der Waals surface area contributed by atoms with Crippen LogP contribution >= 0.6 is 0 Å². The molecule has 0 heterocycles. The summed E-state index contributed by atoms with van der Waals surface area (Å²) in [7, 11) is 0. The first-order chi connectivity index (χ1) is 15.9. The van der Waals surface area contributed by atoms with Crippen LogP contribution in [0.2, 0.25) is 0 Å². The molecule has 11 nitrogen and oxygen atoms in total. The Kier molecular flexibility index (Phi) is 16.4. The molecule has 0 aliphatic rings. The molecule has 0 spiro atoms. The van der Waals surface area contributed by atoms with E-state index in [-0.39, 0.29) is 17.0 Å².